The monoisotopic (exact) mass is 388 g/mol. The van der Waals surface area contributed by atoms with E-state index < -0.39 is 5.41 Å². The van der Waals surface area contributed by atoms with Gasteiger partial charge in [0.2, 0.25) is 0 Å². The van der Waals surface area contributed by atoms with Crippen LogP contribution in [0.5, 0.6) is 11.5 Å². The molecule has 0 heterocycles. The molecule has 0 bridgehead atoms. The molecule has 3 nitrogen and oxygen atoms in total. The van der Waals surface area contributed by atoms with Gasteiger partial charge >= 0.3 is 5.97 Å². The molecule has 29 heavy (non-hydrogen) atoms. The zero-order chi connectivity index (χ0) is 20.6. The van der Waals surface area contributed by atoms with Gasteiger partial charge in [-0.25, -0.2) is 0 Å². The number of hydrogen-bond donors (Lipinski definition) is 1. The minimum Gasteiger partial charge on any atom is -0.507 e. The Hall–Kier alpha value is -2.81. The summed E-state index contributed by atoms with van der Waals surface area (Å²) in [6, 6.07) is 15.7. The van der Waals surface area contributed by atoms with Crippen molar-refractivity contribution in [3.8, 4) is 22.6 Å². The zero-order valence-corrected chi connectivity index (χ0v) is 17.4. The maximum absolute atomic E-state index is 12.9. The fourth-order valence-electron chi connectivity index (χ4n) is 4.07. The first-order valence-electron chi connectivity index (χ1n) is 10.5. The Balaban J connectivity index is 1.97. The second kappa shape index (κ2) is 7.55. The predicted octanol–water partition coefficient (Wildman–Crippen LogP) is 6.43. The van der Waals surface area contributed by atoms with Crippen LogP contribution in [0.3, 0.4) is 0 Å². The molecule has 0 aliphatic heterocycles. The van der Waals surface area contributed by atoms with Crippen LogP contribution < -0.4 is 4.74 Å². The third-order valence-corrected chi connectivity index (χ3v) is 6.29. The van der Waals surface area contributed by atoms with Gasteiger partial charge in [-0.3, -0.25) is 4.79 Å². The van der Waals surface area contributed by atoms with Gasteiger partial charge in [-0.15, -0.1) is 0 Å². The first-order chi connectivity index (χ1) is 13.9. The molecule has 0 fully saturated rings. The largest absolute Gasteiger partial charge is 0.507 e. The lowest BCUT2D eigenvalue weighted by Gasteiger charge is -2.26. The van der Waals surface area contributed by atoms with Crippen LogP contribution in [0.25, 0.3) is 21.9 Å². The van der Waals surface area contributed by atoms with Crippen molar-refractivity contribution >= 4 is 16.7 Å². The molecule has 0 spiro atoms. The van der Waals surface area contributed by atoms with Gasteiger partial charge in [-0.2, -0.15) is 0 Å². The summed E-state index contributed by atoms with van der Waals surface area (Å²) >= 11 is 0. The number of carbonyl (C=O) groups is 1. The lowest BCUT2D eigenvalue weighted by atomic mass is 9.83. The van der Waals surface area contributed by atoms with Crippen molar-refractivity contribution in [1.82, 2.24) is 0 Å². The average molecular weight is 389 g/mol. The van der Waals surface area contributed by atoms with Gasteiger partial charge < -0.3 is 9.84 Å². The Kier molecular flexibility index (Phi) is 5.08. The summed E-state index contributed by atoms with van der Waals surface area (Å²) in [6.07, 6.45) is 4.91. The van der Waals surface area contributed by atoms with Crippen molar-refractivity contribution in [3.05, 3.63) is 59.7 Å². The first kappa shape index (κ1) is 19.5. The van der Waals surface area contributed by atoms with Crippen molar-refractivity contribution in [2.75, 3.05) is 0 Å². The maximum Gasteiger partial charge on any atom is 0.316 e. The van der Waals surface area contributed by atoms with E-state index in [9.17, 15) is 9.90 Å². The summed E-state index contributed by atoms with van der Waals surface area (Å²) in [7, 11) is 0. The van der Waals surface area contributed by atoms with Crippen LogP contribution in [0.4, 0.5) is 0 Å². The van der Waals surface area contributed by atoms with Crippen molar-refractivity contribution in [2.45, 2.75) is 52.9 Å². The Morgan fingerprint density at radius 1 is 1.00 bits per heavy atom. The van der Waals surface area contributed by atoms with Crippen LogP contribution in [0.1, 0.15) is 51.2 Å². The first-order valence-corrected chi connectivity index (χ1v) is 10.5. The van der Waals surface area contributed by atoms with E-state index in [0.717, 1.165) is 47.6 Å². The molecular weight excluding hydrogens is 360 g/mol. The highest BCUT2D eigenvalue weighted by atomic mass is 16.5. The summed E-state index contributed by atoms with van der Waals surface area (Å²) < 4.78 is 5.98. The van der Waals surface area contributed by atoms with E-state index >= 15 is 0 Å². The molecule has 0 atom stereocenters. The van der Waals surface area contributed by atoms with Gasteiger partial charge in [0.25, 0.3) is 0 Å². The van der Waals surface area contributed by atoms with E-state index in [4.69, 9.17) is 4.74 Å². The molecule has 1 N–H and O–H groups in total. The molecule has 4 rings (SSSR count). The molecule has 150 valence electrons. The second-order valence-electron chi connectivity index (χ2n) is 8.59. The predicted molar refractivity (Wildman–Crippen MR) is 117 cm³/mol. The highest BCUT2D eigenvalue weighted by Crippen LogP contribution is 2.46. The number of ether oxygens (including phenoxy) is 1. The Morgan fingerprint density at radius 3 is 2.55 bits per heavy atom. The molecule has 3 aromatic carbocycles. The van der Waals surface area contributed by atoms with Crippen molar-refractivity contribution < 1.29 is 14.6 Å². The number of fused-ring (bicyclic) bond motifs is 2. The smallest absolute Gasteiger partial charge is 0.316 e. The molecule has 3 aromatic rings. The highest BCUT2D eigenvalue weighted by molar-refractivity contribution is 6.02. The number of esters is 1. The van der Waals surface area contributed by atoms with Gasteiger partial charge in [-0.05, 0) is 80.0 Å². The highest BCUT2D eigenvalue weighted by Gasteiger charge is 2.30. The number of hydrogen-bond acceptors (Lipinski definition) is 3. The number of aromatic hydroxyl groups is 1. The van der Waals surface area contributed by atoms with Gasteiger partial charge in [0.1, 0.15) is 11.5 Å². The molecule has 3 heteroatoms. The average Bonchev–Trinajstić information content (AvgIpc) is 2.74. The van der Waals surface area contributed by atoms with Crippen LogP contribution in [0.2, 0.25) is 0 Å². The number of phenolic OH excluding ortho intramolecular Hbond substituents is 1. The minimum absolute atomic E-state index is 0.217. The fraction of sp³-hybridized carbons (Fsp3) is 0.346. The molecule has 0 amide bonds. The van der Waals surface area contributed by atoms with Crippen LogP contribution in [-0.2, 0) is 17.6 Å². The van der Waals surface area contributed by atoms with E-state index in [2.05, 4.69) is 6.07 Å². The Labute approximate surface area is 172 Å². The number of aryl methyl sites for hydroxylation is 1. The summed E-state index contributed by atoms with van der Waals surface area (Å²) in [5.74, 6) is 0.523. The van der Waals surface area contributed by atoms with Gasteiger partial charge in [0.05, 0.1) is 5.41 Å². The normalized spacial score (nSPS) is 13.9. The number of carbonyl (C=O) groups excluding carboxylic acids is 1. The number of rotatable bonds is 4. The lowest BCUT2D eigenvalue weighted by molar-refractivity contribution is -0.144. The lowest BCUT2D eigenvalue weighted by Crippen LogP contribution is -2.28. The van der Waals surface area contributed by atoms with E-state index in [0.29, 0.717) is 12.2 Å². The molecular formula is C26H28O3. The third kappa shape index (κ3) is 3.50. The van der Waals surface area contributed by atoms with E-state index in [1.807, 2.05) is 57.2 Å². The molecule has 0 saturated heterocycles. The van der Waals surface area contributed by atoms with E-state index in [1.165, 1.54) is 11.1 Å². The van der Waals surface area contributed by atoms with Gasteiger partial charge in [0.15, 0.2) is 0 Å². The van der Waals surface area contributed by atoms with Crippen LogP contribution in [-0.4, -0.2) is 11.1 Å². The van der Waals surface area contributed by atoms with Crippen molar-refractivity contribution in [2.24, 2.45) is 5.41 Å². The maximum atomic E-state index is 12.9. The Morgan fingerprint density at radius 2 is 1.76 bits per heavy atom. The summed E-state index contributed by atoms with van der Waals surface area (Å²) in [5.41, 5.74) is 3.56. The molecule has 0 aromatic heterocycles. The molecule has 0 radical (unpaired) electrons. The Bertz CT molecular complexity index is 1080. The molecule has 0 saturated carbocycles. The quantitative estimate of drug-likeness (QED) is 0.414. The summed E-state index contributed by atoms with van der Waals surface area (Å²) in [5, 5.41) is 12.9. The van der Waals surface area contributed by atoms with Crippen LogP contribution in [0, 0.1) is 5.41 Å². The van der Waals surface area contributed by atoms with Gasteiger partial charge in [-0.1, -0.05) is 43.3 Å². The van der Waals surface area contributed by atoms with Crippen molar-refractivity contribution in [3.63, 3.8) is 0 Å². The zero-order valence-electron chi connectivity index (χ0n) is 17.4. The molecule has 1 aliphatic carbocycles. The molecule has 1 aliphatic rings. The third-order valence-electron chi connectivity index (χ3n) is 6.29. The second-order valence-corrected chi connectivity index (χ2v) is 8.59. The van der Waals surface area contributed by atoms with Crippen LogP contribution >= 0.6 is 0 Å². The topological polar surface area (TPSA) is 46.5 Å². The molecule has 0 unspecified atom stereocenters. The summed E-state index contributed by atoms with van der Waals surface area (Å²) in [4.78, 5) is 12.9. The minimum atomic E-state index is -0.562. The standard InChI is InChI=1S/C26H28O3/c1-4-26(2,3)25(28)29-22-16-14-18-10-6-8-12-20(18)24(22)23-19-11-7-5-9-17(19)13-15-21(23)27/h5,7,9,11,13-16,27H,4,6,8,10,12H2,1-3H3. The summed E-state index contributed by atoms with van der Waals surface area (Å²) in [6.45, 7) is 5.80. The van der Waals surface area contributed by atoms with E-state index in [1.54, 1.807) is 6.07 Å². The fourth-order valence-corrected chi connectivity index (χ4v) is 4.07. The van der Waals surface area contributed by atoms with E-state index in [-0.39, 0.29) is 11.7 Å². The van der Waals surface area contributed by atoms with Crippen molar-refractivity contribution in [1.29, 1.82) is 0 Å². The van der Waals surface area contributed by atoms with Crippen LogP contribution in [0.15, 0.2) is 48.5 Å². The van der Waals surface area contributed by atoms with Gasteiger partial charge in [0, 0.05) is 11.1 Å². The SMILES string of the molecule is CCC(C)(C)C(=O)Oc1ccc2c(c1-c1c(O)ccc3ccccc13)CCCC2. The number of benzene rings is 3. The number of phenols is 1.